The lowest BCUT2D eigenvalue weighted by Gasteiger charge is -2.20. The smallest absolute Gasteiger partial charge is 0.105 e. The van der Waals surface area contributed by atoms with Gasteiger partial charge in [-0.25, -0.2) is 4.98 Å². The van der Waals surface area contributed by atoms with Crippen molar-refractivity contribution in [2.45, 2.75) is 39.8 Å². The van der Waals surface area contributed by atoms with Crippen LogP contribution in [0.3, 0.4) is 0 Å². The molecule has 1 heterocycles. The SMILES string of the molecule is Cc1nccn1CCNC(C)(C)C. The van der Waals surface area contributed by atoms with Crippen LogP contribution in [0.2, 0.25) is 0 Å². The molecule has 13 heavy (non-hydrogen) atoms. The van der Waals surface area contributed by atoms with E-state index in [4.69, 9.17) is 0 Å². The molecule has 0 spiro atoms. The van der Waals surface area contributed by atoms with Crippen LogP contribution in [0, 0.1) is 6.92 Å². The fourth-order valence-electron chi connectivity index (χ4n) is 1.19. The summed E-state index contributed by atoms with van der Waals surface area (Å²) in [6.45, 7) is 10.5. The highest BCUT2D eigenvalue weighted by Crippen LogP contribution is 1.99. The van der Waals surface area contributed by atoms with E-state index in [0.29, 0.717) is 0 Å². The number of hydrogen-bond acceptors (Lipinski definition) is 2. The van der Waals surface area contributed by atoms with E-state index in [9.17, 15) is 0 Å². The first-order valence-corrected chi connectivity index (χ1v) is 4.72. The third-order valence-corrected chi connectivity index (χ3v) is 1.93. The normalized spacial score (nSPS) is 12.0. The van der Waals surface area contributed by atoms with E-state index in [-0.39, 0.29) is 5.54 Å². The van der Waals surface area contributed by atoms with E-state index in [1.54, 1.807) is 0 Å². The molecule has 0 amide bonds. The van der Waals surface area contributed by atoms with Gasteiger partial charge in [-0.05, 0) is 27.7 Å². The molecule has 1 N–H and O–H groups in total. The van der Waals surface area contributed by atoms with Crippen LogP contribution in [0.25, 0.3) is 0 Å². The summed E-state index contributed by atoms with van der Waals surface area (Å²) >= 11 is 0. The lowest BCUT2D eigenvalue weighted by atomic mass is 10.1. The Hall–Kier alpha value is -0.830. The van der Waals surface area contributed by atoms with Gasteiger partial charge in [-0.2, -0.15) is 0 Å². The average molecular weight is 181 g/mol. The van der Waals surface area contributed by atoms with Crippen molar-refractivity contribution in [3.05, 3.63) is 18.2 Å². The van der Waals surface area contributed by atoms with Gasteiger partial charge in [0.15, 0.2) is 0 Å². The van der Waals surface area contributed by atoms with Crippen molar-refractivity contribution < 1.29 is 0 Å². The number of hydrogen-bond donors (Lipinski definition) is 1. The van der Waals surface area contributed by atoms with E-state index < -0.39 is 0 Å². The van der Waals surface area contributed by atoms with Crippen LogP contribution in [-0.2, 0) is 6.54 Å². The molecule has 0 saturated heterocycles. The van der Waals surface area contributed by atoms with Crippen molar-refractivity contribution in [2.24, 2.45) is 0 Å². The topological polar surface area (TPSA) is 29.9 Å². The van der Waals surface area contributed by atoms with Gasteiger partial charge in [0, 0.05) is 31.0 Å². The molecule has 0 saturated carbocycles. The first kappa shape index (κ1) is 10.3. The quantitative estimate of drug-likeness (QED) is 0.767. The molecule has 0 aromatic carbocycles. The molecule has 0 fully saturated rings. The summed E-state index contributed by atoms with van der Waals surface area (Å²) in [5, 5.41) is 3.44. The standard InChI is InChI=1S/C10H19N3/c1-9-11-5-7-13(9)8-6-12-10(2,3)4/h5,7,12H,6,8H2,1-4H3. The number of imidazole rings is 1. The average Bonchev–Trinajstić information content (AvgIpc) is 2.34. The highest BCUT2D eigenvalue weighted by molar-refractivity contribution is 4.88. The molecule has 0 bridgehead atoms. The summed E-state index contributed by atoms with van der Waals surface area (Å²) in [5.74, 6) is 1.08. The second kappa shape index (κ2) is 3.92. The molecular formula is C10H19N3. The zero-order chi connectivity index (χ0) is 9.90. The highest BCUT2D eigenvalue weighted by Gasteiger charge is 2.07. The molecule has 0 aliphatic rings. The Balaban J connectivity index is 2.32. The van der Waals surface area contributed by atoms with Gasteiger partial charge in [-0.1, -0.05) is 0 Å². The first-order chi connectivity index (χ1) is 5.99. The fraction of sp³-hybridized carbons (Fsp3) is 0.700. The van der Waals surface area contributed by atoms with Crippen molar-refractivity contribution in [1.82, 2.24) is 14.9 Å². The van der Waals surface area contributed by atoms with Gasteiger partial charge in [0.25, 0.3) is 0 Å². The lowest BCUT2D eigenvalue weighted by Crippen LogP contribution is -2.37. The maximum atomic E-state index is 4.17. The van der Waals surface area contributed by atoms with Crippen LogP contribution < -0.4 is 5.32 Å². The number of rotatable bonds is 3. The molecule has 3 nitrogen and oxygen atoms in total. The van der Waals surface area contributed by atoms with Crippen LogP contribution in [-0.4, -0.2) is 21.6 Å². The molecule has 0 aliphatic carbocycles. The summed E-state index contributed by atoms with van der Waals surface area (Å²) < 4.78 is 2.15. The number of aromatic nitrogens is 2. The number of nitrogens with one attached hydrogen (secondary N) is 1. The molecule has 74 valence electrons. The van der Waals surface area contributed by atoms with E-state index in [1.165, 1.54) is 0 Å². The van der Waals surface area contributed by atoms with Gasteiger partial charge in [-0.3, -0.25) is 0 Å². The third-order valence-electron chi connectivity index (χ3n) is 1.93. The minimum atomic E-state index is 0.203. The highest BCUT2D eigenvalue weighted by atomic mass is 15.1. The summed E-state index contributed by atoms with van der Waals surface area (Å²) in [6, 6.07) is 0. The van der Waals surface area contributed by atoms with Crippen molar-refractivity contribution in [1.29, 1.82) is 0 Å². The van der Waals surface area contributed by atoms with Gasteiger partial charge < -0.3 is 9.88 Å². The van der Waals surface area contributed by atoms with E-state index in [2.05, 4.69) is 35.6 Å². The summed E-state index contributed by atoms with van der Waals surface area (Å²) in [4.78, 5) is 4.17. The van der Waals surface area contributed by atoms with Crippen molar-refractivity contribution >= 4 is 0 Å². The van der Waals surface area contributed by atoms with Crippen LogP contribution in [0.15, 0.2) is 12.4 Å². The van der Waals surface area contributed by atoms with E-state index in [0.717, 1.165) is 18.9 Å². The van der Waals surface area contributed by atoms with Gasteiger partial charge in [0.1, 0.15) is 5.82 Å². The van der Waals surface area contributed by atoms with Gasteiger partial charge >= 0.3 is 0 Å². The maximum absolute atomic E-state index is 4.17. The maximum Gasteiger partial charge on any atom is 0.105 e. The molecule has 1 rings (SSSR count). The predicted molar refractivity (Wildman–Crippen MR) is 54.7 cm³/mol. The Morgan fingerprint density at radius 3 is 2.62 bits per heavy atom. The van der Waals surface area contributed by atoms with Crippen molar-refractivity contribution in [3.8, 4) is 0 Å². The van der Waals surface area contributed by atoms with Crippen LogP contribution in [0.4, 0.5) is 0 Å². The Kier molecular flexibility index (Phi) is 3.09. The van der Waals surface area contributed by atoms with E-state index >= 15 is 0 Å². The summed E-state index contributed by atoms with van der Waals surface area (Å²) in [5.41, 5.74) is 0.203. The van der Waals surface area contributed by atoms with Crippen LogP contribution >= 0.6 is 0 Å². The fourth-order valence-corrected chi connectivity index (χ4v) is 1.19. The second-order valence-corrected chi connectivity index (χ2v) is 4.34. The molecule has 1 aromatic heterocycles. The van der Waals surface area contributed by atoms with Gasteiger partial charge in [0.05, 0.1) is 0 Å². The minimum Gasteiger partial charge on any atom is -0.334 e. The van der Waals surface area contributed by atoms with E-state index in [1.807, 2.05) is 19.3 Å². The molecule has 0 unspecified atom stereocenters. The Morgan fingerprint density at radius 1 is 1.46 bits per heavy atom. The number of nitrogens with zero attached hydrogens (tertiary/aromatic N) is 2. The van der Waals surface area contributed by atoms with Crippen molar-refractivity contribution in [2.75, 3.05) is 6.54 Å². The van der Waals surface area contributed by atoms with Gasteiger partial charge in [0.2, 0.25) is 0 Å². The molecule has 0 aliphatic heterocycles. The zero-order valence-electron chi connectivity index (χ0n) is 8.96. The Bertz CT molecular complexity index is 257. The van der Waals surface area contributed by atoms with Crippen molar-refractivity contribution in [3.63, 3.8) is 0 Å². The van der Waals surface area contributed by atoms with Crippen LogP contribution in [0.5, 0.6) is 0 Å². The Labute approximate surface area is 80.2 Å². The molecule has 0 radical (unpaired) electrons. The zero-order valence-corrected chi connectivity index (χ0v) is 8.96. The summed E-state index contributed by atoms with van der Waals surface area (Å²) in [7, 11) is 0. The monoisotopic (exact) mass is 181 g/mol. The molecular weight excluding hydrogens is 162 g/mol. The predicted octanol–water partition coefficient (Wildman–Crippen LogP) is 1.58. The minimum absolute atomic E-state index is 0.203. The lowest BCUT2D eigenvalue weighted by molar-refractivity contribution is 0.411. The summed E-state index contributed by atoms with van der Waals surface area (Å²) in [6.07, 6.45) is 3.85. The molecule has 3 heteroatoms. The first-order valence-electron chi connectivity index (χ1n) is 4.72. The molecule has 0 atom stereocenters. The van der Waals surface area contributed by atoms with Crippen LogP contribution in [0.1, 0.15) is 26.6 Å². The molecule has 1 aromatic rings. The Morgan fingerprint density at radius 2 is 2.15 bits per heavy atom. The number of aryl methyl sites for hydroxylation is 1. The largest absolute Gasteiger partial charge is 0.334 e. The van der Waals surface area contributed by atoms with Gasteiger partial charge in [-0.15, -0.1) is 0 Å². The third kappa shape index (κ3) is 3.59. The second-order valence-electron chi connectivity index (χ2n) is 4.34.